The van der Waals surface area contributed by atoms with Gasteiger partial charge in [0.1, 0.15) is 0 Å². The van der Waals surface area contributed by atoms with Gasteiger partial charge in [0.15, 0.2) is 0 Å². The molecule has 0 atom stereocenters. The Bertz CT molecular complexity index is 581. The maximum Gasteiger partial charge on any atom is 0.255 e. The van der Waals surface area contributed by atoms with Gasteiger partial charge in [0.05, 0.1) is 5.69 Å². The molecule has 0 heterocycles. The van der Waals surface area contributed by atoms with Crippen LogP contribution in [0.15, 0.2) is 46.9 Å². The van der Waals surface area contributed by atoms with E-state index in [4.69, 9.17) is 0 Å². The third kappa shape index (κ3) is 3.32. The highest BCUT2D eigenvalue weighted by Gasteiger charge is 2.07. The average Bonchev–Trinajstić information content (AvgIpc) is 2.33. The minimum absolute atomic E-state index is 0.101. The molecule has 1 amide bonds. The number of halogens is 2. The van der Waals surface area contributed by atoms with Crippen LogP contribution in [0.1, 0.15) is 15.9 Å². The second-order valence-electron chi connectivity index (χ2n) is 3.94. The van der Waals surface area contributed by atoms with Crippen molar-refractivity contribution in [2.24, 2.45) is 0 Å². The van der Waals surface area contributed by atoms with Gasteiger partial charge in [-0.2, -0.15) is 0 Å². The molecule has 2 aromatic rings. The molecule has 18 heavy (non-hydrogen) atoms. The summed E-state index contributed by atoms with van der Waals surface area (Å²) in [4.78, 5) is 12.0. The monoisotopic (exact) mass is 415 g/mol. The normalized spacial score (nSPS) is 10.2. The molecule has 0 saturated heterocycles. The number of anilines is 1. The maximum absolute atomic E-state index is 12.0. The first-order valence-corrected chi connectivity index (χ1v) is 7.26. The largest absolute Gasteiger partial charge is 0.321 e. The minimum Gasteiger partial charge on any atom is -0.321 e. The van der Waals surface area contributed by atoms with Gasteiger partial charge in [0.2, 0.25) is 0 Å². The molecule has 0 aliphatic rings. The van der Waals surface area contributed by atoms with Crippen LogP contribution in [0.25, 0.3) is 0 Å². The zero-order valence-corrected chi connectivity index (χ0v) is 13.4. The number of carbonyl (C=O) groups excluding carboxylic acids is 1. The van der Waals surface area contributed by atoms with E-state index < -0.39 is 0 Å². The van der Waals surface area contributed by atoms with Crippen LogP contribution in [-0.4, -0.2) is 5.91 Å². The van der Waals surface area contributed by atoms with Crippen LogP contribution >= 0.6 is 38.5 Å². The Morgan fingerprint density at radius 3 is 2.44 bits per heavy atom. The van der Waals surface area contributed by atoms with E-state index in [0.29, 0.717) is 5.56 Å². The van der Waals surface area contributed by atoms with Gasteiger partial charge in [0.25, 0.3) is 5.91 Å². The number of carbonyl (C=O) groups is 1. The van der Waals surface area contributed by atoms with E-state index in [1.54, 1.807) is 0 Å². The average molecular weight is 416 g/mol. The zero-order valence-electron chi connectivity index (χ0n) is 9.71. The van der Waals surface area contributed by atoms with Crippen LogP contribution in [0.5, 0.6) is 0 Å². The van der Waals surface area contributed by atoms with Crippen LogP contribution in [-0.2, 0) is 0 Å². The first kappa shape index (κ1) is 13.5. The van der Waals surface area contributed by atoms with Crippen LogP contribution in [0.4, 0.5) is 5.69 Å². The molecule has 0 unspecified atom stereocenters. The van der Waals surface area contributed by atoms with E-state index in [1.165, 1.54) is 0 Å². The lowest BCUT2D eigenvalue weighted by Crippen LogP contribution is -2.12. The first-order chi connectivity index (χ1) is 8.56. The Hall–Kier alpha value is -0.880. The minimum atomic E-state index is -0.101. The summed E-state index contributed by atoms with van der Waals surface area (Å²) in [6, 6.07) is 13.3. The second-order valence-corrected chi connectivity index (χ2v) is 6.04. The third-order valence-corrected chi connectivity index (χ3v) is 3.85. The lowest BCUT2D eigenvalue weighted by Gasteiger charge is -2.08. The lowest BCUT2D eigenvalue weighted by atomic mass is 10.2. The van der Waals surface area contributed by atoms with Crippen LogP contribution in [0.3, 0.4) is 0 Å². The summed E-state index contributed by atoms with van der Waals surface area (Å²) in [5.41, 5.74) is 2.58. The molecule has 0 spiro atoms. The van der Waals surface area contributed by atoms with Crippen LogP contribution in [0, 0.1) is 10.5 Å². The van der Waals surface area contributed by atoms with Crippen LogP contribution in [0.2, 0.25) is 0 Å². The number of aryl methyl sites for hydroxylation is 1. The molecule has 2 aromatic carbocycles. The summed E-state index contributed by atoms with van der Waals surface area (Å²) in [7, 11) is 0. The predicted molar refractivity (Wildman–Crippen MR) is 86.0 cm³/mol. The molecular formula is C14H11BrINO. The predicted octanol–water partition coefficient (Wildman–Crippen LogP) is 4.61. The summed E-state index contributed by atoms with van der Waals surface area (Å²) >= 11 is 5.66. The maximum atomic E-state index is 12.0. The van der Waals surface area contributed by atoms with E-state index in [2.05, 4.69) is 43.8 Å². The molecular weight excluding hydrogens is 405 g/mol. The number of benzene rings is 2. The van der Waals surface area contributed by atoms with Gasteiger partial charge in [-0.05, 0) is 87.4 Å². The molecule has 92 valence electrons. The van der Waals surface area contributed by atoms with Crippen molar-refractivity contribution >= 4 is 50.1 Å². The van der Waals surface area contributed by atoms with Crippen molar-refractivity contribution in [3.63, 3.8) is 0 Å². The summed E-state index contributed by atoms with van der Waals surface area (Å²) in [5, 5.41) is 2.88. The van der Waals surface area contributed by atoms with E-state index in [0.717, 1.165) is 19.3 Å². The number of hydrogen-bond donors (Lipinski definition) is 1. The van der Waals surface area contributed by atoms with Crippen molar-refractivity contribution < 1.29 is 4.79 Å². The van der Waals surface area contributed by atoms with Crippen molar-refractivity contribution in [3.8, 4) is 0 Å². The molecule has 0 aromatic heterocycles. The van der Waals surface area contributed by atoms with Gasteiger partial charge in [-0.25, -0.2) is 0 Å². The molecule has 0 saturated carbocycles. The first-order valence-electron chi connectivity index (χ1n) is 5.39. The molecule has 4 heteroatoms. The SMILES string of the molecule is Cc1ccc(NC(=O)c2ccc(I)cc2)c(Br)c1. The highest BCUT2D eigenvalue weighted by atomic mass is 127. The molecule has 2 nitrogen and oxygen atoms in total. The summed E-state index contributed by atoms with van der Waals surface area (Å²) in [6.07, 6.45) is 0. The fourth-order valence-corrected chi connectivity index (χ4v) is 2.47. The summed E-state index contributed by atoms with van der Waals surface area (Å²) in [5.74, 6) is -0.101. The summed E-state index contributed by atoms with van der Waals surface area (Å²) < 4.78 is 2.00. The van der Waals surface area contributed by atoms with Crippen molar-refractivity contribution in [2.45, 2.75) is 6.92 Å². The Kier molecular flexibility index (Phi) is 4.40. The second kappa shape index (κ2) is 5.84. The van der Waals surface area contributed by atoms with Gasteiger partial charge in [-0.1, -0.05) is 6.07 Å². The highest BCUT2D eigenvalue weighted by molar-refractivity contribution is 14.1. The Morgan fingerprint density at radius 1 is 1.17 bits per heavy atom. The smallest absolute Gasteiger partial charge is 0.255 e. The molecule has 0 aliphatic heterocycles. The van der Waals surface area contributed by atoms with E-state index in [-0.39, 0.29) is 5.91 Å². The van der Waals surface area contributed by atoms with Gasteiger partial charge in [0, 0.05) is 13.6 Å². The Morgan fingerprint density at radius 2 is 1.83 bits per heavy atom. The Balaban J connectivity index is 2.18. The molecule has 2 rings (SSSR count). The molecule has 0 aliphatic carbocycles. The van der Waals surface area contributed by atoms with Gasteiger partial charge >= 0.3 is 0 Å². The van der Waals surface area contributed by atoms with Gasteiger partial charge in [-0.3, -0.25) is 4.79 Å². The van der Waals surface area contributed by atoms with E-state index >= 15 is 0 Å². The molecule has 0 bridgehead atoms. The molecule has 1 N–H and O–H groups in total. The number of hydrogen-bond acceptors (Lipinski definition) is 1. The van der Waals surface area contributed by atoms with Crippen molar-refractivity contribution in [1.82, 2.24) is 0 Å². The number of nitrogens with one attached hydrogen (secondary N) is 1. The third-order valence-electron chi connectivity index (χ3n) is 2.48. The summed E-state index contributed by atoms with van der Waals surface area (Å²) in [6.45, 7) is 2.01. The zero-order chi connectivity index (χ0) is 13.1. The van der Waals surface area contributed by atoms with Crippen molar-refractivity contribution in [1.29, 1.82) is 0 Å². The van der Waals surface area contributed by atoms with Crippen molar-refractivity contribution in [2.75, 3.05) is 5.32 Å². The molecule has 0 fully saturated rings. The van der Waals surface area contributed by atoms with E-state index in [1.807, 2.05) is 49.4 Å². The lowest BCUT2D eigenvalue weighted by molar-refractivity contribution is 0.102. The quantitative estimate of drug-likeness (QED) is 0.712. The van der Waals surface area contributed by atoms with E-state index in [9.17, 15) is 4.79 Å². The van der Waals surface area contributed by atoms with Gasteiger partial charge < -0.3 is 5.32 Å². The van der Waals surface area contributed by atoms with Crippen molar-refractivity contribution in [3.05, 3.63) is 61.6 Å². The fraction of sp³-hybridized carbons (Fsp3) is 0.0714. The van der Waals surface area contributed by atoms with Crippen LogP contribution < -0.4 is 5.32 Å². The Labute approximate surface area is 128 Å². The number of rotatable bonds is 2. The fourth-order valence-electron chi connectivity index (χ4n) is 1.52. The van der Waals surface area contributed by atoms with Gasteiger partial charge in [-0.15, -0.1) is 0 Å². The molecule has 0 radical (unpaired) electrons. The highest BCUT2D eigenvalue weighted by Crippen LogP contribution is 2.24. The standard InChI is InChI=1S/C14H11BrINO/c1-9-2-7-13(12(15)8-9)17-14(18)10-3-5-11(16)6-4-10/h2-8H,1H3,(H,17,18). The number of amides is 1. The topological polar surface area (TPSA) is 29.1 Å².